The lowest BCUT2D eigenvalue weighted by atomic mass is 10.0. The molecule has 0 aliphatic carbocycles. The second-order valence-corrected chi connectivity index (χ2v) is 6.75. The van der Waals surface area contributed by atoms with Crippen molar-refractivity contribution in [1.82, 2.24) is 9.80 Å². The smallest absolute Gasteiger partial charge is 0.222 e. The molecule has 1 aliphatic heterocycles. The summed E-state index contributed by atoms with van der Waals surface area (Å²) >= 11 is 0. The number of hydrogen-bond donors (Lipinski definition) is 0. The molecule has 0 radical (unpaired) electrons. The van der Waals surface area contributed by atoms with Crippen molar-refractivity contribution in [3.63, 3.8) is 0 Å². The van der Waals surface area contributed by atoms with Gasteiger partial charge in [0.2, 0.25) is 5.91 Å². The zero-order valence-corrected chi connectivity index (χ0v) is 15.5. The van der Waals surface area contributed by atoms with Gasteiger partial charge in [-0.25, -0.2) is 0 Å². The average Bonchev–Trinajstić information content (AvgIpc) is 2.62. The number of benzene rings is 1. The van der Waals surface area contributed by atoms with Crippen LogP contribution in [-0.2, 0) is 11.3 Å². The molecule has 1 fully saturated rings. The molecule has 4 heteroatoms. The van der Waals surface area contributed by atoms with E-state index in [0.29, 0.717) is 19.0 Å². The molecule has 0 aromatic heterocycles. The van der Waals surface area contributed by atoms with Crippen LogP contribution >= 0.6 is 0 Å². The van der Waals surface area contributed by atoms with Crippen molar-refractivity contribution in [3.8, 4) is 5.75 Å². The van der Waals surface area contributed by atoms with Crippen molar-refractivity contribution in [1.29, 1.82) is 0 Å². The summed E-state index contributed by atoms with van der Waals surface area (Å²) in [4.78, 5) is 16.8. The van der Waals surface area contributed by atoms with E-state index in [1.807, 2.05) is 36.1 Å². The molecular weight excluding hydrogens is 300 g/mol. The molecule has 1 amide bonds. The molecule has 1 heterocycles. The number of hydrogen-bond acceptors (Lipinski definition) is 3. The van der Waals surface area contributed by atoms with Crippen molar-refractivity contribution in [2.75, 3.05) is 26.7 Å². The number of nitrogens with zero attached hydrogens (tertiary/aromatic N) is 2. The largest absolute Gasteiger partial charge is 0.497 e. The molecule has 1 unspecified atom stereocenters. The van der Waals surface area contributed by atoms with E-state index >= 15 is 0 Å². The molecule has 134 valence electrons. The Balaban J connectivity index is 1.86. The lowest BCUT2D eigenvalue weighted by molar-refractivity contribution is -0.131. The summed E-state index contributed by atoms with van der Waals surface area (Å²) in [5.41, 5.74) is 1.16. The highest BCUT2D eigenvalue weighted by atomic mass is 16.5. The lowest BCUT2D eigenvalue weighted by Crippen LogP contribution is -2.40. The Morgan fingerprint density at radius 1 is 1.29 bits per heavy atom. The van der Waals surface area contributed by atoms with Gasteiger partial charge in [0.15, 0.2) is 0 Å². The van der Waals surface area contributed by atoms with Gasteiger partial charge in [0.1, 0.15) is 5.75 Å². The van der Waals surface area contributed by atoms with Crippen molar-refractivity contribution in [2.45, 2.75) is 58.5 Å². The molecule has 0 bridgehead atoms. The van der Waals surface area contributed by atoms with Crippen LogP contribution in [0.2, 0.25) is 0 Å². The molecule has 2 rings (SSSR count). The first kappa shape index (κ1) is 18.8. The summed E-state index contributed by atoms with van der Waals surface area (Å²) in [6.45, 7) is 8.09. The monoisotopic (exact) mass is 332 g/mol. The second kappa shape index (κ2) is 9.67. The maximum atomic E-state index is 12.3. The quantitative estimate of drug-likeness (QED) is 0.728. The van der Waals surface area contributed by atoms with Crippen LogP contribution < -0.4 is 4.74 Å². The van der Waals surface area contributed by atoms with E-state index in [9.17, 15) is 4.79 Å². The van der Waals surface area contributed by atoms with Crippen LogP contribution in [0.5, 0.6) is 5.75 Å². The third kappa shape index (κ3) is 5.52. The SMILES string of the molecule is CCC(=O)N(CCCN1CCCCC1C)Cc1ccc(OC)cc1. The summed E-state index contributed by atoms with van der Waals surface area (Å²) in [6, 6.07) is 8.69. The van der Waals surface area contributed by atoms with Crippen LogP contribution in [0, 0.1) is 0 Å². The molecule has 1 atom stereocenters. The third-order valence-corrected chi connectivity index (χ3v) is 5.00. The van der Waals surface area contributed by atoms with E-state index in [4.69, 9.17) is 4.74 Å². The topological polar surface area (TPSA) is 32.8 Å². The number of carbonyl (C=O) groups is 1. The highest BCUT2D eigenvalue weighted by Crippen LogP contribution is 2.17. The van der Waals surface area contributed by atoms with Crippen molar-refractivity contribution >= 4 is 5.91 Å². The average molecular weight is 332 g/mol. The van der Waals surface area contributed by atoms with E-state index in [-0.39, 0.29) is 5.91 Å². The van der Waals surface area contributed by atoms with Gasteiger partial charge in [-0.05, 0) is 50.4 Å². The summed E-state index contributed by atoms with van der Waals surface area (Å²) in [5.74, 6) is 1.09. The van der Waals surface area contributed by atoms with Crippen LogP contribution in [0.1, 0.15) is 51.5 Å². The number of ether oxygens (including phenoxy) is 1. The first-order valence-corrected chi connectivity index (χ1v) is 9.28. The molecule has 0 saturated carbocycles. The van der Waals surface area contributed by atoms with Gasteiger partial charge in [0, 0.05) is 32.1 Å². The molecule has 1 saturated heterocycles. The number of likely N-dealkylation sites (tertiary alicyclic amines) is 1. The minimum Gasteiger partial charge on any atom is -0.497 e. The Kier molecular flexibility index (Phi) is 7.57. The normalized spacial score (nSPS) is 18.4. The first-order valence-electron chi connectivity index (χ1n) is 9.28. The van der Waals surface area contributed by atoms with E-state index < -0.39 is 0 Å². The zero-order chi connectivity index (χ0) is 17.4. The van der Waals surface area contributed by atoms with Gasteiger partial charge in [-0.2, -0.15) is 0 Å². The molecule has 0 N–H and O–H groups in total. The van der Waals surface area contributed by atoms with Crippen molar-refractivity contribution < 1.29 is 9.53 Å². The molecular formula is C20H32N2O2. The van der Waals surface area contributed by atoms with Gasteiger partial charge in [0.25, 0.3) is 0 Å². The molecule has 1 aromatic carbocycles. The Morgan fingerprint density at radius 3 is 2.67 bits per heavy atom. The highest BCUT2D eigenvalue weighted by Gasteiger charge is 2.18. The number of piperidine rings is 1. The molecule has 1 aliphatic rings. The lowest BCUT2D eigenvalue weighted by Gasteiger charge is -2.34. The van der Waals surface area contributed by atoms with E-state index in [1.54, 1.807) is 7.11 Å². The van der Waals surface area contributed by atoms with E-state index in [0.717, 1.165) is 30.8 Å². The summed E-state index contributed by atoms with van der Waals surface area (Å²) in [5, 5.41) is 0. The molecule has 24 heavy (non-hydrogen) atoms. The predicted molar refractivity (Wildman–Crippen MR) is 98.2 cm³/mol. The summed E-state index contributed by atoms with van der Waals surface area (Å²) < 4.78 is 5.20. The summed E-state index contributed by atoms with van der Waals surface area (Å²) in [6.07, 6.45) is 5.59. The number of methoxy groups -OCH3 is 1. The number of rotatable bonds is 8. The van der Waals surface area contributed by atoms with Crippen LogP contribution in [0.25, 0.3) is 0 Å². The predicted octanol–water partition coefficient (Wildman–Crippen LogP) is 3.70. The first-order chi connectivity index (χ1) is 11.6. The Bertz CT molecular complexity index is 501. The van der Waals surface area contributed by atoms with E-state index in [2.05, 4.69) is 11.8 Å². The van der Waals surface area contributed by atoms with Crippen LogP contribution in [0.15, 0.2) is 24.3 Å². The standard InChI is InChI=1S/C20H32N2O2/c1-4-20(23)22(16-18-9-11-19(24-3)12-10-18)15-7-14-21-13-6-5-8-17(21)2/h9-12,17H,4-8,13-16H2,1-3H3. The number of amides is 1. The minimum atomic E-state index is 0.234. The van der Waals surface area contributed by atoms with Crippen LogP contribution in [-0.4, -0.2) is 48.5 Å². The van der Waals surface area contributed by atoms with Crippen molar-refractivity contribution in [2.24, 2.45) is 0 Å². The maximum absolute atomic E-state index is 12.3. The van der Waals surface area contributed by atoms with Gasteiger partial charge >= 0.3 is 0 Å². The van der Waals surface area contributed by atoms with Crippen LogP contribution in [0.4, 0.5) is 0 Å². The number of carbonyl (C=O) groups excluding carboxylic acids is 1. The fourth-order valence-electron chi connectivity index (χ4n) is 3.42. The highest BCUT2D eigenvalue weighted by molar-refractivity contribution is 5.75. The van der Waals surface area contributed by atoms with Gasteiger partial charge in [-0.3, -0.25) is 4.79 Å². The van der Waals surface area contributed by atoms with Gasteiger partial charge in [0.05, 0.1) is 7.11 Å². The van der Waals surface area contributed by atoms with Gasteiger partial charge in [-0.1, -0.05) is 25.5 Å². The van der Waals surface area contributed by atoms with Crippen molar-refractivity contribution in [3.05, 3.63) is 29.8 Å². The minimum absolute atomic E-state index is 0.234. The van der Waals surface area contributed by atoms with E-state index in [1.165, 1.54) is 25.8 Å². The van der Waals surface area contributed by atoms with Gasteiger partial charge in [-0.15, -0.1) is 0 Å². The fourth-order valence-corrected chi connectivity index (χ4v) is 3.42. The molecule has 1 aromatic rings. The van der Waals surface area contributed by atoms with Gasteiger partial charge < -0.3 is 14.5 Å². The summed E-state index contributed by atoms with van der Waals surface area (Å²) in [7, 11) is 1.67. The third-order valence-electron chi connectivity index (χ3n) is 5.00. The second-order valence-electron chi connectivity index (χ2n) is 6.75. The Morgan fingerprint density at radius 2 is 2.04 bits per heavy atom. The zero-order valence-electron chi connectivity index (χ0n) is 15.5. The fraction of sp³-hybridized carbons (Fsp3) is 0.650. The molecule has 0 spiro atoms. The molecule has 4 nitrogen and oxygen atoms in total. The Hall–Kier alpha value is -1.55. The Labute approximate surface area is 146 Å². The van der Waals surface area contributed by atoms with Crippen LogP contribution in [0.3, 0.4) is 0 Å². The maximum Gasteiger partial charge on any atom is 0.222 e.